The maximum absolute atomic E-state index is 10.8. The number of nitrogens with one attached hydrogen (secondary N) is 1. The minimum absolute atomic E-state index is 0. The molecule has 0 heterocycles. The van der Waals surface area contributed by atoms with Gasteiger partial charge < -0.3 is 16.7 Å². The first kappa shape index (κ1) is 17.6. The van der Waals surface area contributed by atoms with Crippen LogP contribution < -0.4 is 34.9 Å². The van der Waals surface area contributed by atoms with E-state index in [9.17, 15) is 9.90 Å². The van der Waals surface area contributed by atoms with Gasteiger partial charge in [-0.25, -0.2) is 0 Å². The molecule has 0 amide bonds. The van der Waals surface area contributed by atoms with E-state index < -0.39 is 12.0 Å². The Labute approximate surface area is 134 Å². The quantitative estimate of drug-likeness (QED) is 0.326. The van der Waals surface area contributed by atoms with E-state index in [1.165, 1.54) is 12.1 Å². The number of hydrogen-bond acceptors (Lipinski definition) is 5. The molecule has 7 heteroatoms. The van der Waals surface area contributed by atoms with Gasteiger partial charge in [0.1, 0.15) is 17.5 Å². The molecule has 5 nitrogen and oxygen atoms in total. The van der Waals surface area contributed by atoms with Gasteiger partial charge >= 0.3 is 35.5 Å². The average molecular weight is 281 g/mol. The summed E-state index contributed by atoms with van der Waals surface area (Å²) in [5.74, 6) is -0.959. The Morgan fingerprint density at radius 3 is 2.56 bits per heavy atom. The van der Waals surface area contributed by atoms with E-state index >= 15 is 0 Å². The van der Waals surface area contributed by atoms with Crippen LogP contribution in [-0.4, -0.2) is 33.1 Å². The molecule has 0 aromatic heterocycles. The molecule has 0 fully saturated rings. The van der Waals surface area contributed by atoms with Crippen molar-refractivity contribution < 1.29 is 51.1 Å². The van der Waals surface area contributed by atoms with Crippen molar-refractivity contribution in [1.29, 1.82) is 0 Å². The zero-order chi connectivity index (χ0) is 13.0. The van der Waals surface area contributed by atoms with Gasteiger partial charge in [-0.2, -0.15) is 12.6 Å². The fourth-order valence-electron chi connectivity index (χ4n) is 1.49. The number of benzene rings is 1. The largest absolute Gasteiger partial charge is 1.00 e. The third-order valence-corrected chi connectivity index (χ3v) is 2.78. The Hall–Kier alpha value is -0.400. The topological polar surface area (TPSA) is 89.8 Å². The monoisotopic (exact) mass is 281 g/mol. The molecular formula is C11H16NNaO4S. The Bertz CT molecular complexity index is 422. The van der Waals surface area contributed by atoms with Crippen molar-refractivity contribution in [3.8, 4) is 11.5 Å². The summed E-state index contributed by atoms with van der Waals surface area (Å²) in [7, 11) is 0. The summed E-state index contributed by atoms with van der Waals surface area (Å²) in [6.45, 7) is 1.73. The zero-order valence-electron chi connectivity index (χ0n) is 11.3. The van der Waals surface area contributed by atoms with Crippen LogP contribution >= 0.6 is 12.6 Å². The first-order chi connectivity index (χ1) is 7.95. The summed E-state index contributed by atoms with van der Waals surface area (Å²) in [4.78, 5) is 10.8. The third-order valence-electron chi connectivity index (χ3n) is 2.41. The number of aromatic hydroxyl groups is 2. The van der Waals surface area contributed by atoms with Gasteiger partial charge in [0.05, 0.1) is 0 Å². The molecule has 0 radical (unpaired) electrons. The number of rotatable bonds is 5. The van der Waals surface area contributed by atoms with Gasteiger partial charge in [-0.1, -0.05) is 6.07 Å². The third kappa shape index (κ3) is 4.70. The van der Waals surface area contributed by atoms with Gasteiger partial charge in [0, 0.05) is 23.4 Å². The molecule has 0 aliphatic carbocycles. The van der Waals surface area contributed by atoms with Crippen molar-refractivity contribution in [2.75, 3.05) is 5.75 Å². The standard InChI is InChI=1S/C11H15NO4S.Na.H/c1-6(12-9(5-17)11(15)16)8-3-2-7(13)4-10(8)14;;/h2-4,6,9,12-14,17H,5H2,1H3,(H,15,16);;/q;+1;-1. The van der Waals surface area contributed by atoms with E-state index in [0.29, 0.717) is 5.56 Å². The summed E-state index contributed by atoms with van der Waals surface area (Å²) < 4.78 is 0. The predicted octanol–water partition coefficient (Wildman–Crippen LogP) is -1.75. The van der Waals surface area contributed by atoms with Crippen molar-refractivity contribution in [2.45, 2.75) is 19.0 Å². The van der Waals surface area contributed by atoms with Crippen molar-refractivity contribution in [3.63, 3.8) is 0 Å². The molecule has 96 valence electrons. The van der Waals surface area contributed by atoms with Crippen molar-refractivity contribution >= 4 is 18.6 Å². The Morgan fingerprint density at radius 1 is 1.50 bits per heavy atom. The van der Waals surface area contributed by atoms with Crippen LogP contribution in [0.25, 0.3) is 0 Å². The van der Waals surface area contributed by atoms with Gasteiger partial charge in [0.15, 0.2) is 0 Å². The summed E-state index contributed by atoms with van der Waals surface area (Å²) in [5, 5.41) is 30.5. The van der Waals surface area contributed by atoms with Crippen molar-refractivity contribution in [2.24, 2.45) is 0 Å². The van der Waals surface area contributed by atoms with Crippen LogP contribution in [0.15, 0.2) is 18.2 Å². The van der Waals surface area contributed by atoms with Gasteiger partial charge in [0.25, 0.3) is 0 Å². The first-order valence-electron chi connectivity index (χ1n) is 5.07. The minimum atomic E-state index is -0.995. The zero-order valence-corrected chi connectivity index (χ0v) is 13.2. The van der Waals surface area contributed by atoms with Crippen LogP contribution in [0.1, 0.15) is 20.0 Å². The molecule has 0 aliphatic heterocycles. The van der Waals surface area contributed by atoms with E-state index in [0.717, 1.165) is 0 Å². The Morgan fingerprint density at radius 2 is 2.11 bits per heavy atom. The maximum atomic E-state index is 10.8. The molecule has 0 saturated carbocycles. The molecule has 0 bridgehead atoms. The van der Waals surface area contributed by atoms with Crippen LogP contribution in [0.3, 0.4) is 0 Å². The SMILES string of the molecule is CC(NC(CS)C(=O)O)c1ccc(O)cc1O.[H-].[Na+]. The van der Waals surface area contributed by atoms with E-state index in [1.54, 1.807) is 13.0 Å². The summed E-state index contributed by atoms with van der Waals surface area (Å²) in [6.07, 6.45) is 0. The van der Waals surface area contributed by atoms with Gasteiger partial charge in [-0.05, 0) is 13.0 Å². The van der Waals surface area contributed by atoms with Gasteiger partial charge in [-0.3, -0.25) is 10.1 Å². The average Bonchev–Trinajstić information content (AvgIpc) is 2.24. The number of phenols is 2. The second kappa shape index (κ2) is 7.91. The molecular weight excluding hydrogens is 265 g/mol. The van der Waals surface area contributed by atoms with E-state index in [4.69, 9.17) is 10.2 Å². The second-order valence-electron chi connectivity index (χ2n) is 3.70. The van der Waals surface area contributed by atoms with Crippen LogP contribution in [-0.2, 0) is 4.79 Å². The molecule has 18 heavy (non-hydrogen) atoms. The Balaban J connectivity index is 0. The molecule has 2 atom stereocenters. The summed E-state index contributed by atoms with van der Waals surface area (Å²) in [6, 6.07) is 3.04. The summed E-state index contributed by atoms with van der Waals surface area (Å²) >= 11 is 3.94. The number of carbonyl (C=O) groups is 1. The maximum Gasteiger partial charge on any atom is 1.00 e. The number of hydrogen-bond donors (Lipinski definition) is 5. The van der Waals surface area contributed by atoms with Gasteiger partial charge in [0.2, 0.25) is 0 Å². The number of aliphatic carboxylic acids is 1. The van der Waals surface area contributed by atoms with E-state index in [1.807, 2.05) is 0 Å². The van der Waals surface area contributed by atoms with E-state index in [-0.39, 0.29) is 54.3 Å². The fraction of sp³-hybridized carbons (Fsp3) is 0.364. The van der Waals surface area contributed by atoms with Gasteiger partial charge in [-0.15, -0.1) is 0 Å². The second-order valence-corrected chi connectivity index (χ2v) is 4.07. The number of phenolic OH excluding ortho intramolecular Hbond substituents is 2. The molecule has 0 aliphatic rings. The van der Waals surface area contributed by atoms with E-state index in [2.05, 4.69) is 17.9 Å². The molecule has 1 rings (SSSR count). The molecule has 2 unspecified atom stereocenters. The number of carboxylic acid groups (broad SMARTS) is 1. The number of carboxylic acids is 1. The number of thiol groups is 1. The normalized spacial score (nSPS) is 13.4. The smallest absolute Gasteiger partial charge is 1.00 e. The minimum Gasteiger partial charge on any atom is -1.00 e. The molecule has 1 aromatic carbocycles. The molecule has 4 N–H and O–H groups in total. The van der Waals surface area contributed by atoms with Crippen LogP contribution in [0.2, 0.25) is 0 Å². The van der Waals surface area contributed by atoms with Crippen molar-refractivity contribution in [3.05, 3.63) is 23.8 Å². The van der Waals surface area contributed by atoms with Crippen LogP contribution in [0.5, 0.6) is 11.5 Å². The molecule has 0 spiro atoms. The summed E-state index contributed by atoms with van der Waals surface area (Å²) in [5.41, 5.74) is 0.524. The van der Waals surface area contributed by atoms with Crippen LogP contribution in [0, 0.1) is 0 Å². The van der Waals surface area contributed by atoms with Crippen molar-refractivity contribution in [1.82, 2.24) is 5.32 Å². The predicted molar refractivity (Wildman–Crippen MR) is 67.7 cm³/mol. The van der Waals surface area contributed by atoms with Crippen LogP contribution in [0.4, 0.5) is 0 Å². The first-order valence-corrected chi connectivity index (χ1v) is 5.70. The molecule has 1 aromatic rings. The fourth-order valence-corrected chi connectivity index (χ4v) is 1.75. The Kier molecular flexibility index (Phi) is 7.73. The molecule has 0 saturated heterocycles.